The van der Waals surface area contributed by atoms with Gasteiger partial charge in [-0.15, -0.1) is 0 Å². The van der Waals surface area contributed by atoms with Crippen molar-refractivity contribution in [2.24, 2.45) is 17.8 Å². The molecule has 6 rings (SSSR count). The highest BCUT2D eigenvalue weighted by Gasteiger charge is 2.46. The molecule has 2 bridgehead atoms. The van der Waals surface area contributed by atoms with Crippen LogP contribution in [0, 0.1) is 29.4 Å². The van der Waals surface area contributed by atoms with Gasteiger partial charge in [0.1, 0.15) is 11.5 Å². The number of nitrogens with one attached hydrogen (secondary N) is 2. The van der Waals surface area contributed by atoms with Crippen LogP contribution in [0.15, 0.2) is 18.3 Å². The van der Waals surface area contributed by atoms with Gasteiger partial charge in [0, 0.05) is 29.6 Å². The van der Waals surface area contributed by atoms with Crippen molar-refractivity contribution in [1.82, 2.24) is 20.2 Å². The van der Waals surface area contributed by atoms with E-state index in [0.717, 1.165) is 31.7 Å². The zero-order valence-electron chi connectivity index (χ0n) is 16.3. The van der Waals surface area contributed by atoms with Crippen LogP contribution in [0.3, 0.4) is 0 Å². The van der Waals surface area contributed by atoms with Crippen molar-refractivity contribution >= 4 is 34.2 Å². The molecule has 3 aliphatic carbocycles. The van der Waals surface area contributed by atoms with Crippen LogP contribution in [0.1, 0.15) is 32.6 Å². The number of H-pyrrole nitrogens is 1. The largest absolute Gasteiger partial charge is 0.364 e. The van der Waals surface area contributed by atoms with Crippen LogP contribution in [0.25, 0.3) is 22.4 Å². The van der Waals surface area contributed by atoms with Crippen molar-refractivity contribution in [2.45, 2.75) is 38.6 Å². The number of Topliss-reactive ketones (excluding diaryl/α,β-unsaturated/α-hetero) is 1. The summed E-state index contributed by atoms with van der Waals surface area (Å²) in [5.74, 6) is -1.18. The Hall–Kier alpha value is -2.61. The lowest BCUT2D eigenvalue weighted by atomic mass is 9.60. The molecule has 1 unspecified atom stereocenters. The van der Waals surface area contributed by atoms with Gasteiger partial charge in [0.25, 0.3) is 0 Å². The van der Waals surface area contributed by atoms with E-state index in [9.17, 15) is 13.6 Å². The number of pyridine rings is 2. The van der Waals surface area contributed by atoms with E-state index in [4.69, 9.17) is 11.6 Å². The Balaban J connectivity index is 1.55. The Kier molecular flexibility index (Phi) is 4.69. The molecule has 0 aliphatic heterocycles. The molecule has 0 amide bonds. The van der Waals surface area contributed by atoms with Gasteiger partial charge >= 0.3 is 0 Å². The minimum Gasteiger partial charge on any atom is -0.364 e. The molecule has 2 atom stereocenters. The van der Waals surface area contributed by atoms with Crippen molar-refractivity contribution in [2.75, 3.05) is 5.32 Å². The molecule has 0 aromatic carbocycles. The van der Waals surface area contributed by atoms with Crippen molar-refractivity contribution in [3.63, 3.8) is 0 Å². The van der Waals surface area contributed by atoms with Crippen LogP contribution < -0.4 is 5.32 Å². The number of anilines is 1. The first-order chi connectivity index (χ1) is 14.4. The van der Waals surface area contributed by atoms with E-state index in [-0.39, 0.29) is 40.9 Å². The SMILES string of the molecule is CC(=O)[C@@H]1C2CCC(CC2)C1Nc1nc(-c2[nH]nc3ncc(Cl)cc23)c(F)cc1F. The number of fused-ring (bicyclic) bond motifs is 4. The standard InChI is InChI=1S/C21H20ClF2N5O/c1-9(30)16-10-2-4-11(5-3-10)17(16)26-21-15(24)7-14(23)19(27-21)18-13-6-12(22)8-25-20(13)29-28-18/h6-8,10-11,16-17H,2-5H2,1H3,(H,26,27)(H,25,28,29)/t10?,11?,16-,17?/m1/s1. The Morgan fingerprint density at radius 2 is 1.90 bits per heavy atom. The second kappa shape index (κ2) is 7.27. The molecule has 30 heavy (non-hydrogen) atoms. The maximum absolute atomic E-state index is 14.7. The number of hydrogen-bond acceptors (Lipinski definition) is 5. The highest BCUT2D eigenvalue weighted by Crippen LogP contribution is 2.46. The van der Waals surface area contributed by atoms with Crippen molar-refractivity contribution in [3.05, 3.63) is 35.0 Å². The molecule has 0 radical (unpaired) electrons. The second-order valence-corrected chi connectivity index (χ2v) is 8.69. The summed E-state index contributed by atoms with van der Waals surface area (Å²) in [5.41, 5.74) is 0.551. The molecule has 3 aliphatic rings. The van der Waals surface area contributed by atoms with Crippen LogP contribution in [0.2, 0.25) is 5.02 Å². The Morgan fingerprint density at radius 3 is 2.63 bits per heavy atom. The zero-order chi connectivity index (χ0) is 21.0. The number of carbonyl (C=O) groups excluding carboxylic acids is 1. The van der Waals surface area contributed by atoms with Gasteiger partial charge in [0.05, 0.1) is 10.7 Å². The van der Waals surface area contributed by atoms with E-state index < -0.39 is 11.6 Å². The van der Waals surface area contributed by atoms with Crippen LogP contribution in [0.5, 0.6) is 0 Å². The minimum atomic E-state index is -0.822. The smallest absolute Gasteiger partial charge is 0.181 e. The summed E-state index contributed by atoms with van der Waals surface area (Å²) in [4.78, 5) is 20.7. The number of nitrogens with zero attached hydrogens (tertiary/aromatic N) is 3. The first kappa shape index (κ1) is 19.4. The van der Waals surface area contributed by atoms with E-state index in [1.54, 1.807) is 13.0 Å². The predicted molar refractivity (Wildman–Crippen MR) is 109 cm³/mol. The zero-order valence-corrected chi connectivity index (χ0v) is 17.0. The third-order valence-electron chi connectivity index (χ3n) is 6.53. The number of rotatable bonds is 4. The number of aromatic amines is 1. The lowest BCUT2D eigenvalue weighted by Gasteiger charge is -2.48. The maximum Gasteiger partial charge on any atom is 0.181 e. The van der Waals surface area contributed by atoms with Gasteiger partial charge in [-0.3, -0.25) is 9.89 Å². The van der Waals surface area contributed by atoms with Gasteiger partial charge in [-0.1, -0.05) is 11.6 Å². The number of ketones is 1. The third-order valence-corrected chi connectivity index (χ3v) is 6.74. The van der Waals surface area contributed by atoms with Crippen molar-refractivity contribution in [3.8, 4) is 11.4 Å². The average molecular weight is 432 g/mol. The summed E-state index contributed by atoms with van der Waals surface area (Å²) in [6.45, 7) is 1.59. The molecule has 0 spiro atoms. The molecule has 6 nitrogen and oxygen atoms in total. The summed E-state index contributed by atoms with van der Waals surface area (Å²) in [6.07, 6.45) is 5.47. The average Bonchev–Trinajstić information content (AvgIpc) is 3.13. The molecule has 3 aromatic rings. The molecule has 3 fully saturated rings. The normalized spacial score (nSPS) is 25.6. The summed E-state index contributed by atoms with van der Waals surface area (Å²) >= 11 is 6.02. The van der Waals surface area contributed by atoms with Crippen LogP contribution in [-0.4, -0.2) is 32.0 Å². The van der Waals surface area contributed by atoms with Gasteiger partial charge < -0.3 is 5.32 Å². The first-order valence-electron chi connectivity index (χ1n) is 10.1. The summed E-state index contributed by atoms with van der Waals surface area (Å²) < 4.78 is 29.3. The second-order valence-electron chi connectivity index (χ2n) is 8.25. The van der Waals surface area contributed by atoms with E-state index >= 15 is 0 Å². The fourth-order valence-electron chi connectivity index (χ4n) is 5.20. The Bertz CT molecular complexity index is 1140. The molecular weight excluding hydrogens is 412 g/mol. The molecule has 2 N–H and O–H groups in total. The van der Waals surface area contributed by atoms with Gasteiger partial charge in [0.15, 0.2) is 23.1 Å². The van der Waals surface area contributed by atoms with Crippen LogP contribution in [-0.2, 0) is 4.79 Å². The van der Waals surface area contributed by atoms with Gasteiger partial charge in [0.2, 0.25) is 0 Å². The quantitative estimate of drug-likeness (QED) is 0.622. The van der Waals surface area contributed by atoms with Crippen molar-refractivity contribution < 1.29 is 13.6 Å². The number of hydrogen-bond donors (Lipinski definition) is 2. The molecule has 3 heterocycles. The summed E-state index contributed by atoms with van der Waals surface area (Å²) in [7, 11) is 0. The molecule has 3 saturated carbocycles. The van der Waals surface area contributed by atoms with Crippen LogP contribution >= 0.6 is 11.6 Å². The van der Waals surface area contributed by atoms with Crippen molar-refractivity contribution in [1.29, 1.82) is 0 Å². The monoisotopic (exact) mass is 431 g/mol. The highest BCUT2D eigenvalue weighted by atomic mass is 35.5. The maximum atomic E-state index is 14.7. The van der Waals surface area contributed by atoms with E-state index in [2.05, 4.69) is 25.5 Å². The van der Waals surface area contributed by atoms with Gasteiger partial charge in [-0.25, -0.2) is 18.7 Å². The predicted octanol–water partition coefficient (Wildman–Crippen LogP) is 4.76. The topological polar surface area (TPSA) is 83.6 Å². The lowest BCUT2D eigenvalue weighted by molar-refractivity contribution is -0.126. The third kappa shape index (κ3) is 3.14. The van der Waals surface area contributed by atoms with Gasteiger partial charge in [-0.2, -0.15) is 5.10 Å². The molecule has 9 heteroatoms. The molecule has 0 saturated heterocycles. The molecule has 3 aromatic heterocycles. The Labute approximate surface area is 176 Å². The molecular formula is C21H20ClF2N5O. The Morgan fingerprint density at radius 1 is 1.17 bits per heavy atom. The van der Waals surface area contributed by atoms with E-state index in [1.807, 2.05) is 0 Å². The first-order valence-corrected chi connectivity index (χ1v) is 10.4. The lowest BCUT2D eigenvalue weighted by Crippen LogP contribution is -2.51. The highest BCUT2D eigenvalue weighted by molar-refractivity contribution is 6.31. The summed E-state index contributed by atoms with van der Waals surface area (Å²) in [5, 5.41) is 10.8. The number of aromatic nitrogens is 4. The minimum absolute atomic E-state index is 0.0621. The van der Waals surface area contributed by atoms with E-state index in [1.165, 1.54) is 6.20 Å². The number of carbonyl (C=O) groups is 1. The molecule has 156 valence electrons. The van der Waals surface area contributed by atoms with Crippen LogP contribution in [0.4, 0.5) is 14.6 Å². The number of halogens is 3. The van der Waals surface area contributed by atoms with Gasteiger partial charge in [-0.05, 0) is 50.5 Å². The fraction of sp³-hybridized carbons (Fsp3) is 0.429. The fourth-order valence-corrected chi connectivity index (χ4v) is 5.36. The summed E-state index contributed by atoms with van der Waals surface area (Å²) in [6, 6.07) is 2.20. The van der Waals surface area contributed by atoms with E-state index in [0.29, 0.717) is 22.0 Å².